The van der Waals surface area contributed by atoms with Gasteiger partial charge in [0.25, 0.3) is 0 Å². The Morgan fingerprint density at radius 1 is 1.31 bits per heavy atom. The Bertz CT molecular complexity index is 661. The summed E-state index contributed by atoms with van der Waals surface area (Å²) < 4.78 is 0. The lowest BCUT2D eigenvalue weighted by Gasteiger charge is -2.36. The van der Waals surface area contributed by atoms with E-state index in [1.165, 1.54) is 24.0 Å². The number of benzene rings is 1. The minimum atomic E-state index is 0.0412. The predicted octanol–water partition coefficient (Wildman–Crippen LogP) is 1.42. The second-order valence-corrected chi connectivity index (χ2v) is 7.38. The second-order valence-electron chi connectivity index (χ2n) is 7.38. The normalized spacial score (nSPS) is 20.8. The maximum absolute atomic E-state index is 11.9. The number of piperidine rings is 1. The van der Waals surface area contributed by atoms with Gasteiger partial charge >= 0.3 is 0 Å². The molecule has 3 N–H and O–H groups in total. The van der Waals surface area contributed by atoms with Crippen molar-refractivity contribution in [1.82, 2.24) is 10.2 Å². The fourth-order valence-electron chi connectivity index (χ4n) is 3.99. The molecule has 1 aromatic carbocycles. The number of nitrogens with zero attached hydrogens (tertiary/aromatic N) is 2. The van der Waals surface area contributed by atoms with E-state index in [1.807, 2.05) is 7.05 Å². The molecule has 1 aromatic rings. The highest BCUT2D eigenvalue weighted by Crippen LogP contribution is 2.28. The monoisotopic (exact) mass is 358 g/mol. The third-order valence-electron chi connectivity index (χ3n) is 5.53. The molecule has 3 rings (SSSR count). The van der Waals surface area contributed by atoms with E-state index in [1.54, 1.807) is 4.90 Å². The second kappa shape index (κ2) is 8.64. The molecule has 0 aliphatic carbocycles. The molecule has 1 atom stereocenters. The van der Waals surface area contributed by atoms with Crippen LogP contribution < -0.4 is 16.0 Å². The summed E-state index contributed by atoms with van der Waals surface area (Å²) in [6, 6.07) is 6.83. The van der Waals surface area contributed by atoms with Crippen LogP contribution in [0.2, 0.25) is 0 Å². The number of nitrogens with one attached hydrogen (secondary N) is 1. The third-order valence-corrected chi connectivity index (χ3v) is 5.53. The van der Waals surface area contributed by atoms with E-state index in [0.717, 1.165) is 31.6 Å². The molecule has 1 fully saturated rings. The summed E-state index contributed by atoms with van der Waals surface area (Å²) in [7, 11) is 1.85. The van der Waals surface area contributed by atoms with Crippen LogP contribution >= 0.6 is 0 Å². The first-order valence-electron chi connectivity index (χ1n) is 9.67. The zero-order chi connectivity index (χ0) is 18.5. The number of carbonyl (C=O) groups excluding carboxylic acids is 2. The summed E-state index contributed by atoms with van der Waals surface area (Å²) >= 11 is 0. The average Bonchev–Trinajstić information content (AvgIpc) is 2.64. The number of carbonyl (C=O) groups is 2. The van der Waals surface area contributed by atoms with Gasteiger partial charge in [0.2, 0.25) is 11.8 Å². The number of likely N-dealkylation sites (tertiary alicyclic amines) is 1. The number of fused-ring (bicyclic) bond motifs is 1. The fraction of sp³-hybridized carbons (Fsp3) is 0.600. The molecular weight excluding hydrogens is 328 g/mol. The molecule has 6 heteroatoms. The van der Waals surface area contributed by atoms with Gasteiger partial charge in [0, 0.05) is 51.3 Å². The maximum Gasteiger partial charge on any atom is 0.227 e. The van der Waals surface area contributed by atoms with Crippen LogP contribution in [0.1, 0.15) is 43.2 Å². The van der Waals surface area contributed by atoms with Gasteiger partial charge < -0.3 is 16.0 Å². The standard InChI is InChI=1S/C20H30N4O2/c1-23-18-7-5-15(12-16(18)6-8-20(23)26)14-24-11-3-2-4-17(24)13-22-19(25)9-10-21/h5,7,12,17H,2-4,6,8-11,13-14,21H2,1H3,(H,22,25). The molecule has 6 nitrogen and oxygen atoms in total. The summed E-state index contributed by atoms with van der Waals surface area (Å²) in [4.78, 5) is 27.8. The summed E-state index contributed by atoms with van der Waals surface area (Å²) in [5.74, 6) is 0.231. The van der Waals surface area contributed by atoms with Gasteiger partial charge in [-0.15, -0.1) is 0 Å². The van der Waals surface area contributed by atoms with Crippen LogP contribution in [0.5, 0.6) is 0 Å². The van der Waals surface area contributed by atoms with E-state index in [0.29, 0.717) is 32.0 Å². The zero-order valence-corrected chi connectivity index (χ0v) is 15.7. The lowest BCUT2D eigenvalue weighted by molar-refractivity contribution is -0.121. The van der Waals surface area contributed by atoms with Gasteiger partial charge in [0.15, 0.2) is 0 Å². The van der Waals surface area contributed by atoms with Gasteiger partial charge in [0.05, 0.1) is 0 Å². The van der Waals surface area contributed by atoms with Crippen molar-refractivity contribution in [1.29, 1.82) is 0 Å². The van der Waals surface area contributed by atoms with Crippen molar-refractivity contribution < 1.29 is 9.59 Å². The molecule has 0 bridgehead atoms. The molecule has 1 unspecified atom stereocenters. The maximum atomic E-state index is 11.9. The largest absolute Gasteiger partial charge is 0.354 e. The number of hydrogen-bond acceptors (Lipinski definition) is 4. The van der Waals surface area contributed by atoms with Crippen LogP contribution in [0.25, 0.3) is 0 Å². The Kier molecular flexibility index (Phi) is 6.27. The van der Waals surface area contributed by atoms with E-state index in [2.05, 4.69) is 28.4 Å². The Morgan fingerprint density at radius 3 is 2.96 bits per heavy atom. The quantitative estimate of drug-likeness (QED) is 0.806. The molecular formula is C20H30N4O2. The smallest absolute Gasteiger partial charge is 0.227 e. The zero-order valence-electron chi connectivity index (χ0n) is 15.7. The van der Waals surface area contributed by atoms with Crippen molar-refractivity contribution >= 4 is 17.5 Å². The van der Waals surface area contributed by atoms with Gasteiger partial charge in [-0.05, 0) is 43.0 Å². The summed E-state index contributed by atoms with van der Waals surface area (Å²) in [6.07, 6.45) is 5.34. The van der Waals surface area contributed by atoms with Crippen LogP contribution in [0.3, 0.4) is 0 Å². The van der Waals surface area contributed by atoms with Crippen molar-refractivity contribution in [3.8, 4) is 0 Å². The van der Waals surface area contributed by atoms with Crippen LogP contribution in [0.4, 0.5) is 5.69 Å². The Labute approximate surface area is 155 Å². The molecule has 2 heterocycles. The first-order chi connectivity index (χ1) is 12.6. The minimum Gasteiger partial charge on any atom is -0.354 e. The molecule has 142 valence electrons. The molecule has 0 spiro atoms. The molecule has 0 radical (unpaired) electrons. The molecule has 1 saturated heterocycles. The highest BCUT2D eigenvalue weighted by atomic mass is 16.2. The van der Waals surface area contributed by atoms with Crippen LogP contribution in [0.15, 0.2) is 18.2 Å². The molecule has 0 aromatic heterocycles. The summed E-state index contributed by atoms with van der Waals surface area (Å²) in [6.45, 7) is 3.04. The first kappa shape index (κ1) is 18.9. The van der Waals surface area contributed by atoms with E-state index in [4.69, 9.17) is 5.73 Å². The highest BCUT2D eigenvalue weighted by molar-refractivity contribution is 5.95. The van der Waals surface area contributed by atoms with E-state index in [9.17, 15) is 9.59 Å². The van der Waals surface area contributed by atoms with Gasteiger partial charge in [0.1, 0.15) is 0 Å². The van der Waals surface area contributed by atoms with E-state index < -0.39 is 0 Å². The van der Waals surface area contributed by atoms with Crippen molar-refractivity contribution in [2.24, 2.45) is 5.73 Å². The number of rotatable bonds is 6. The highest BCUT2D eigenvalue weighted by Gasteiger charge is 2.24. The molecule has 0 saturated carbocycles. The van der Waals surface area contributed by atoms with Gasteiger partial charge in [-0.3, -0.25) is 14.5 Å². The topological polar surface area (TPSA) is 78.7 Å². The van der Waals surface area contributed by atoms with Crippen LogP contribution in [0, 0.1) is 0 Å². The lowest BCUT2D eigenvalue weighted by Crippen LogP contribution is -2.46. The fourth-order valence-corrected chi connectivity index (χ4v) is 3.99. The number of anilines is 1. The van der Waals surface area contributed by atoms with Crippen molar-refractivity contribution in [3.05, 3.63) is 29.3 Å². The molecule has 2 aliphatic rings. The molecule has 26 heavy (non-hydrogen) atoms. The summed E-state index contributed by atoms with van der Waals surface area (Å²) in [5, 5.41) is 3.02. The van der Waals surface area contributed by atoms with Crippen LogP contribution in [-0.4, -0.2) is 49.4 Å². The SMILES string of the molecule is CN1C(=O)CCc2cc(CN3CCCCC3CNC(=O)CCN)ccc21. The predicted molar refractivity (Wildman–Crippen MR) is 103 cm³/mol. The Morgan fingerprint density at radius 2 is 2.15 bits per heavy atom. The molecule has 2 aliphatic heterocycles. The number of nitrogens with two attached hydrogens (primary N) is 1. The van der Waals surface area contributed by atoms with Crippen molar-refractivity contribution in [3.63, 3.8) is 0 Å². The average molecular weight is 358 g/mol. The van der Waals surface area contributed by atoms with Crippen LogP contribution in [-0.2, 0) is 22.6 Å². The van der Waals surface area contributed by atoms with E-state index >= 15 is 0 Å². The summed E-state index contributed by atoms with van der Waals surface area (Å²) in [5.41, 5.74) is 9.02. The van der Waals surface area contributed by atoms with Crippen molar-refractivity contribution in [2.45, 2.75) is 51.1 Å². The Balaban J connectivity index is 1.64. The Hall–Kier alpha value is -1.92. The number of hydrogen-bond donors (Lipinski definition) is 2. The third kappa shape index (κ3) is 4.43. The molecule has 2 amide bonds. The van der Waals surface area contributed by atoms with Gasteiger partial charge in [-0.2, -0.15) is 0 Å². The van der Waals surface area contributed by atoms with Crippen molar-refractivity contribution in [2.75, 3.05) is 31.6 Å². The first-order valence-corrected chi connectivity index (χ1v) is 9.67. The van der Waals surface area contributed by atoms with Gasteiger partial charge in [-0.25, -0.2) is 0 Å². The number of amides is 2. The van der Waals surface area contributed by atoms with E-state index in [-0.39, 0.29) is 11.8 Å². The minimum absolute atomic E-state index is 0.0412. The lowest BCUT2D eigenvalue weighted by atomic mass is 9.97. The van der Waals surface area contributed by atoms with Gasteiger partial charge in [-0.1, -0.05) is 18.6 Å². The number of aryl methyl sites for hydroxylation is 1.